The number of aliphatic hydroxyl groups is 1. The first-order chi connectivity index (χ1) is 7.06. The molecule has 0 aliphatic heterocycles. The van der Waals surface area contributed by atoms with Crippen LogP contribution in [-0.2, 0) is 0 Å². The number of aromatic hydroxyl groups is 1. The Morgan fingerprint density at radius 2 is 2.07 bits per heavy atom. The van der Waals surface area contributed by atoms with Crippen LogP contribution in [0.1, 0.15) is 10.4 Å². The second-order valence-corrected chi connectivity index (χ2v) is 3.61. The molecule has 3 N–H and O–H groups in total. The van der Waals surface area contributed by atoms with E-state index >= 15 is 0 Å². The Kier molecular flexibility index (Phi) is 4.20. The molecule has 1 amide bonds. The summed E-state index contributed by atoms with van der Waals surface area (Å²) in [7, 11) is 0. The number of phenols is 1. The van der Waals surface area contributed by atoms with Crippen LogP contribution in [0.25, 0.3) is 0 Å². The Morgan fingerprint density at radius 3 is 2.67 bits per heavy atom. The van der Waals surface area contributed by atoms with Gasteiger partial charge >= 0.3 is 0 Å². The maximum Gasteiger partial charge on any atom is 0.255 e. The van der Waals surface area contributed by atoms with Crippen molar-refractivity contribution in [2.45, 2.75) is 0 Å². The second kappa shape index (κ2) is 5.21. The van der Waals surface area contributed by atoms with Crippen LogP contribution >= 0.6 is 23.2 Å². The van der Waals surface area contributed by atoms with Crippen LogP contribution in [-0.4, -0.2) is 29.3 Å². The Bertz CT molecular complexity index is 382. The first-order valence-corrected chi connectivity index (χ1v) is 4.89. The van der Waals surface area contributed by atoms with E-state index in [4.69, 9.17) is 28.3 Å². The lowest BCUT2D eigenvalue weighted by molar-refractivity contribution is 0.0942. The molecule has 0 aromatic heterocycles. The molecular weight excluding hydrogens is 241 g/mol. The predicted octanol–water partition coefficient (Wildman–Crippen LogP) is 1.42. The fraction of sp³-hybridized carbons (Fsp3) is 0.222. The molecule has 0 aliphatic rings. The molecule has 4 nitrogen and oxygen atoms in total. The molecule has 0 atom stereocenters. The molecule has 1 rings (SSSR count). The molecule has 1 aromatic rings. The van der Waals surface area contributed by atoms with Crippen LogP contribution in [0.2, 0.25) is 10.0 Å². The van der Waals surface area contributed by atoms with Gasteiger partial charge in [0.25, 0.3) is 5.91 Å². The number of hydrogen-bond acceptors (Lipinski definition) is 3. The average Bonchev–Trinajstić information content (AvgIpc) is 2.19. The van der Waals surface area contributed by atoms with Crippen molar-refractivity contribution < 1.29 is 15.0 Å². The van der Waals surface area contributed by atoms with Crippen LogP contribution in [0.15, 0.2) is 12.1 Å². The number of benzene rings is 1. The largest absolute Gasteiger partial charge is 0.506 e. The van der Waals surface area contributed by atoms with Gasteiger partial charge in [0.1, 0.15) is 5.75 Å². The summed E-state index contributed by atoms with van der Waals surface area (Å²) >= 11 is 11.3. The van der Waals surface area contributed by atoms with E-state index in [0.29, 0.717) is 0 Å². The summed E-state index contributed by atoms with van der Waals surface area (Å²) in [6.45, 7) is -0.0802. The first-order valence-electron chi connectivity index (χ1n) is 4.13. The third-order valence-electron chi connectivity index (χ3n) is 1.67. The normalized spacial score (nSPS) is 10.1. The standard InChI is InChI=1S/C9H9Cl2NO3/c10-5-3-6(8(14)7(11)4-5)9(15)12-1-2-13/h3-4,13-14H,1-2H2,(H,12,15). The summed E-state index contributed by atoms with van der Waals surface area (Å²) < 4.78 is 0. The summed E-state index contributed by atoms with van der Waals surface area (Å²) in [6, 6.07) is 2.64. The zero-order valence-corrected chi connectivity index (χ0v) is 9.14. The molecule has 0 saturated carbocycles. The number of amides is 1. The molecule has 82 valence electrons. The van der Waals surface area contributed by atoms with E-state index in [1.807, 2.05) is 0 Å². The van der Waals surface area contributed by atoms with Crippen molar-refractivity contribution in [1.82, 2.24) is 5.32 Å². The van der Waals surface area contributed by atoms with Gasteiger partial charge in [0.2, 0.25) is 0 Å². The molecule has 0 fully saturated rings. The average molecular weight is 250 g/mol. The summed E-state index contributed by atoms with van der Waals surface area (Å²) in [4.78, 5) is 11.4. The van der Waals surface area contributed by atoms with Crippen molar-refractivity contribution >= 4 is 29.1 Å². The quantitative estimate of drug-likeness (QED) is 0.759. The highest BCUT2D eigenvalue weighted by atomic mass is 35.5. The number of rotatable bonds is 3. The monoisotopic (exact) mass is 249 g/mol. The maximum absolute atomic E-state index is 11.4. The van der Waals surface area contributed by atoms with Gasteiger partial charge < -0.3 is 15.5 Å². The van der Waals surface area contributed by atoms with Gasteiger partial charge in [0.05, 0.1) is 17.2 Å². The van der Waals surface area contributed by atoms with Gasteiger partial charge in [0, 0.05) is 11.6 Å². The van der Waals surface area contributed by atoms with E-state index in [1.165, 1.54) is 12.1 Å². The van der Waals surface area contributed by atoms with Gasteiger partial charge in [-0.25, -0.2) is 0 Å². The van der Waals surface area contributed by atoms with E-state index in [2.05, 4.69) is 5.32 Å². The number of nitrogens with one attached hydrogen (secondary N) is 1. The van der Waals surface area contributed by atoms with E-state index in [1.54, 1.807) is 0 Å². The lowest BCUT2D eigenvalue weighted by atomic mass is 10.2. The van der Waals surface area contributed by atoms with Gasteiger partial charge in [-0.05, 0) is 12.1 Å². The maximum atomic E-state index is 11.4. The second-order valence-electron chi connectivity index (χ2n) is 2.76. The van der Waals surface area contributed by atoms with Crippen molar-refractivity contribution in [1.29, 1.82) is 0 Å². The molecule has 0 radical (unpaired) electrons. The van der Waals surface area contributed by atoms with Crippen LogP contribution in [0.5, 0.6) is 5.75 Å². The molecule has 0 heterocycles. The molecule has 0 aliphatic carbocycles. The molecule has 0 unspecified atom stereocenters. The Labute approximate surface area is 96.4 Å². The fourth-order valence-corrected chi connectivity index (χ4v) is 1.50. The molecule has 1 aromatic carbocycles. The highest BCUT2D eigenvalue weighted by molar-refractivity contribution is 6.36. The highest BCUT2D eigenvalue weighted by Gasteiger charge is 2.14. The number of carbonyl (C=O) groups excluding carboxylic acids is 1. The molecule has 0 bridgehead atoms. The van der Waals surface area contributed by atoms with Gasteiger partial charge in [-0.2, -0.15) is 0 Å². The van der Waals surface area contributed by atoms with Crippen LogP contribution in [0.4, 0.5) is 0 Å². The number of carbonyl (C=O) groups is 1. The fourth-order valence-electron chi connectivity index (χ4n) is 1.00. The van der Waals surface area contributed by atoms with Crippen LogP contribution in [0.3, 0.4) is 0 Å². The Balaban J connectivity index is 2.98. The Morgan fingerprint density at radius 1 is 1.40 bits per heavy atom. The summed E-state index contributed by atoms with van der Waals surface area (Å²) in [6.07, 6.45) is 0. The summed E-state index contributed by atoms with van der Waals surface area (Å²) in [5.74, 6) is -0.859. The SMILES string of the molecule is O=C(NCCO)c1cc(Cl)cc(Cl)c1O. The van der Waals surface area contributed by atoms with Gasteiger partial charge in [-0.15, -0.1) is 0 Å². The van der Waals surface area contributed by atoms with Crippen molar-refractivity contribution in [3.05, 3.63) is 27.7 Å². The minimum absolute atomic E-state index is 0.0108. The third-order valence-corrected chi connectivity index (χ3v) is 2.18. The molecular formula is C9H9Cl2NO3. The van der Waals surface area contributed by atoms with E-state index in [-0.39, 0.29) is 34.5 Å². The zero-order valence-electron chi connectivity index (χ0n) is 7.63. The molecule has 15 heavy (non-hydrogen) atoms. The van der Waals surface area contributed by atoms with Crippen LogP contribution in [0, 0.1) is 0 Å². The van der Waals surface area contributed by atoms with E-state index in [0.717, 1.165) is 0 Å². The van der Waals surface area contributed by atoms with Crippen molar-refractivity contribution in [3.63, 3.8) is 0 Å². The van der Waals surface area contributed by atoms with Crippen molar-refractivity contribution in [2.24, 2.45) is 0 Å². The topological polar surface area (TPSA) is 69.6 Å². The minimum atomic E-state index is -0.536. The summed E-state index contributed by atoms with van der Waals surface area (Å²) in [5.41, 5.74) is -0.0130. The number of phenolic OH excluding ortho intramolecular Hbond substituents is 1. The van der Waals surface area contributed by atoms with Crippen LogP contribution < -0.4 is 5.32 Å². The minimum Gasteiger partial charge on any atom is -0.506 e. The molecule has 6 heteroatoms. The highest BCUT2D eigenvalue weighted by Crippen LogP contribution is 2.30. The first kappa shape index (κ1) is 12.1. The summed E-state index contributed by atoms with van der Waals surface area (Å²) in [5, 5.41) is 20.6. The van der Waals surface area contributed by atoms with Gasteiger partial charge in [-0.3, -0.25) is 4.79 Å². The lowest BCUT2D eigenvalue weighted by Crippen LogP contribution is -2.26. The van der Waals surface area contributed by atoms with Gasteiger partial charge in [0.15, 0.2) is 0 Å². The van der Waals surface area contributed by atoms with Gasteiger partial charge in [-0.1, -0.05) is 23.2 Å². The van der Waals surface area contributed by atoms with E-state index < -0.39 is 5.91 Å². The predicted molar refractivity (Wildman–Crippen MR) is 57.5 cm³/mol. The lowest BCUT2D eigenvalue weighted by Gasteiger charge is -2.07. The Hall–Kier alpha value is -0.970. The number of aliphatic hydroxyl groups excluding tert-OH is 1. The smallest absolute Gasteiger partial charge is 0.255 e. The third kappa shape index (κ3) is 2.99. The van der Waals surface area contributed by atoms with Crippen molar-refractivity contribution in [3.8, 4) is 5.75 Å². The molecule has 0 spiro atoms. The van der Waals surface area contributed by atoms with E-state index in [9.17, 15) is 9.90 Å². The number of halogens is 2. The van der Waals surface area contributed by atoms with Crippen molar-refractivity contribution in [2.75, 3.05) is 13.2 Å². The number of hydrogen-bond donors (Lipinski definition) is 3. The molecule has 0 saturated heterocycles. The zero-order chi connectivity index (χ0) is 11.4.